The molecule has 2 rings (SSSR count). The van der Waals surface area contributed by atoms with Crippen molar-refractivity contribution in [2.75, 3.05) is 6.54 Å². The Labute approximate surface area is 151 Å². The van der Waals surface area contributed by atoms with Crippen molar-refractivity contribution in [2.45, 2.75) is 44.8 Å². The molecule has 1 aromatic carbocycles. The number of unbranched alkanes of at least 4 members (excludes halogenated alkanes) is 1. The van der Waals surface area contributed by atoms with E-state index in [0.29, 0.717) is 12.8 Å². The van der Waals surface area contributed by atoms with Gasteiger partial charge in [0.1, 0.15) is 12.6 Å². The largest absolute Gasteiger partial charge is 0.481 e. The number of nitrogens with zero attached hydrogens (tertiary/aromatic N) is 1. The van der Waals surface area contributed by atoms with Crippen LogP contribution < -0.4 is 5.32 Å². The van der Waals surface area contributed by atoms with Gasteiger partial charge in [-0.25, -0.2) is 4.79 Å². The second-order valence-corrected chi connectivity index (χ2v) is 6.03. The van der Waals surface area contributed by atoms with Crippen molar-refractivity contribution < 1.29 is 29.0 Å². The maximum atomic E-state index is 12.4. The number of amides is 3. The molecule has 1 atom stereocenters. The van der Waals surface area contributed by atoms with Gasteiger partial charge in [0.25, 0.3) is 5.91 Å². The van der Waals surface area contributed by atoms with Crippen LogP contribution in [0.2, 0.25) is 0 Å². The van der Waals surface area contributed by atoms with E-state index < -0.39 is 24.0 Å². The number of piperidine rings is 1. The average molecular weight is 362 g/mol. The number of carbonyl (C=O) groups is 4. The summed E-state index contributed by atoms with van der Waals surface area (Å²) in [6.07, 6.45) is 0.438. The zero-order valence-corrected chi connectivity index (χ0v) is 14.3. The quantitative estimate of drug-likeness (QED) is 0.537. The van der Waals surface area contributed by atoms with Gasteiger partial charge in [-0.1, -0.05) is 30.3 Å². The molecule has 1 aliphatic heterocycles. The summed E-state index contributed by atoms with van der Waals surface area (Å²) in [5.41, 5.74) is 0.827. The topological polar surface area (TPSA) is 113 Å². The molecule has 1 aliphatic rings. The first kappa shape index (κ1) is 19.4. The Hall–Kier alpha value is -2.90. The minimum atomic E-state index is -0.915. The number of rotatable bonds is 8. The molecule has 0 bridgehead atoms. The molecule has 0 aliphatic carbocycles. The number of alkyl carbamates (subject to hydrolysis) is 1. The maximum absolute atomic E-state index is 12.4. The lowest BCUT2D eigenvalue weighted by atomic mass is 10.0. The van der Waals surface area contributed by atoms with Crippen molar-refractivity contribution in [2.24, 2.45) is 0 Å². The van der Waals surface area contributed by atoms with Gasteiger partial charge >= 0.3 is 12.1 Å². The van der Waals surface area contributed by atoms with E-state index in [0.717, 1.165) is 10.5 Å². The zero-order valence-electron chi connectivity index (χ0n) is 14.3. The first-order valence-corrected chi connectivity index (χ1v) is 8.50. The van der Waals surface area contributed by atoms with Gasteiger partial charge in [0.2, 0.25) is 5.91 Å². The lowest BCUT2D eigenvalue weighted by Gasteiger charge is -2.30. The summed E-state index contributed by atoms with van der Waals surface area (Å²) in [7, 11) is 0. The summed E-state index contributed by atoms with van der Waals surface area (Å²) < 4.78 is 5.10. The molecule has 140 valence electrons. The van der Waals surface area contributed by atoms with E-state index in [4.69, 9.17) is 9.84 Å². The second kappa shape index (κ2) is 9.55. The fraction of sp³-hybridized carbons (Fsp3) is 0.444. The van der Waals surface area contributed by atoms with Gasteiger partial charge in [-0.2, -0.15) is 0 Å². The summed E-state index contributed by atoms with van der Waals surface area (Å²) in [4.78, 5) is 47.8. The fourth-order valence-corrected chi connectivity index (χ4v) is 2.66. The monoisotopic (exact) mass is 362 g/mol. The Morgan fingerprint density at radius 1 is 1.19 bits per heavy atom. The van der Waals surface area contributed by atoms with Crippen LogP contribution >= 0.6 is 0 Å². The van der Waals surface area contributed by atoms with E-state index in [1.54, 1.807) is 0 Å². The van der Waals surface area contributed by atoms with Gasteiger partial charge in [-0.05, 0) is 24.8 Å². The third-order valence-electron chi connectivity index (χ3n) is 4.04. The molecule has 1 heterocycles. The van der Waals surface area contributed by atoms with Crippen LogP contribution in [0.4, 0.5) is 4.79 Å². The summed E-state index contributed by atoms with van der Waals surface area (Å²) >= 11 is 0. The molecule has 1 aromatic rings. The number of ether oxygens (including phenoxy) is 1. The SMILES string of the molecule is O=C(O)CCCCN1C(=O)CC[C@H](NC(=O)OCc2ccccc2)C1=O. The molecule has 0 spiro atoms. The molecule has 8 nitrogen and oxygen atoms in total. The molecule has 2 N–H and O–H groups in total. The minimum Gasteiger partial charge on any atom is -0.481 e. The summed E-state index contributed by atoms with van der Waals surface area (Å²) in [5, 5.41) is 11.1. The van der Waals surface area contributed by atoms with Crippen molar-refractivity contribution in [3.05, 3.63) is 35.9 Å². The number of hydrogen-bond acceptors (Lipinski definition) is 5. The number of benzene rings is 1. The normalized spacial score (nSPS) is 17.1. The summed E-state index contributed by atoms with van der Waals surface area (Å²) in [6.45, 7) is 0.244. The molecular formula is C18H22N2O6. The van der Waals surface area contributed by atoms with E-state index in [2.05, 4.69) is 5.32 Å². The molecule has 0 saturated carbocycles. The lowest BCUT2D eigenvalue weighted by molar-refractivity contribution is -0.149. The predicted molar refractivity (Wildman–Crippen MR) is 91.0 cm³/mol. The lowest BCUT2D eigenvalue weighted by Crippen LogP contribution is -2.54. The standard InChI is InChI=1S/C18H22N2O6/c21-15-10-9-14(17(24)20(15)11-5-4-8-16(22)23)19-18(25)26-12-13-6-2-1-3-7-13/h1-3,6-7,14H,4-5,8-12H2,(H,19,25)(H,22,23)/t14-/m0/s1. The number of likely N-dealkylation sites (tertiary alicyclic amines) is 1. The summed E-state index contributed by atoms with van der Waals surface area (Å²) in [6, 6.07) is 8.33. The van der Waals surface area contributed by atoms with Gasteiger partial charge in [0.05, 0.1) is 0 Å². The van der Waals surface area contributed by atoms with Gasteiger partial charge in [-0.3, -0.25) is 19.3 Å². The van der Waals surface area contributed by atoms with Crippen molar-refractivity contribution in [1.29, 1.82) is 0 Å². The Morgan fingerprint density at radius 2 is 1.92 bits per heavy atom. The highest BCUT2D eigenvalue weighted by atomic mass is 16.5. The third kappa shape index (κ3) is 5.87. The highest BCUT2D eigenvalue weighted by molar-refractivity contribution is 6.01. The Morgan fingerprint density at radius 3 is 2.62 bits per heavy atom. The van der Waals surface area contributed by atoms with Crippen molar-refractivity contribution in [3.8, 4) is 0 Å². The Bertz CT molecular complexity index is 661. The molecule has 0 radical (unpaired) electrons. The van der Waals surface area contributed by atoms with Crippen LogP contribution in [0.25, 0.3) is 0 Å². The first-order chi connectivity index (χ1) is 12.5. The predicted octanol–water partition coefficient (Wildman–Crippen LogP) is 1.69. The number of carboxylic acids is 1. The van der Waals surface area contributed by atoms with Gasteiger partial charge in [0.15, 0.2) is 0 Å². The molecular weight excluding hydrogens is 340 g/mol. The van der Waals surface area contributed by atoms with E-state index >= 15 is 0 Å². The third-order valence-corrected chi connectivity index (χ3v) is 4.04. The van der Waals surface area contributed by atoms with Gasteiger partial charge < -0.3 is 15.2 Å². The highest BCUT2D eigenvalue weighted by Gasteiger charge is 2.35. The molecule has 8 heteroatoms. The van der Waals surface area contributed by atoms with Gasteiger partial charge in [0, 0.05) is 19.4 Å². The molecule has 0 unspecified atom stereocenters. The number of carboxylic acid groups (broad SMARTS) is 1. The highest BCUT2D eigenvalue weighted by Crippen LogP contribution is 2.15. The molecule has 1 saturated heterocycles. The summed E-state index contributed by atoms with van der Waals surface area (Å²) in [5.74, 6) is -1.70. The molecule has 26 heavy (non-hydrogen) atoms. The molecule has 3 amide bonds. The second-order valence-electron chi connectivity index (χ2n) is 6.03. The molecule has 0 aromatic heterocycles. The molecule has 1 fully saturated rings. The van der Waals surface area contributed by atoms with Crippen LogP contribution in [0.3, 0.4) is 0 Å². The minimum absolute atomic E-state index is 0.0102. The van der Waals surface area contributed by atoms with Gasteiger partial charge in [-0.15, -0.1) is 0 Å². The van der Waals surface area contributed by atoms with Crippen LogP contribution in [0.15, 0.2) is 30.3 Å². The van der Waals surface area contributed by atoms with Crippen LogP contribution in [-0.2, 0) is 25.7 Å². The number of imide groups is 1. The van der Waals surface area contributed by atoms with Crippen molar-refractivity contribution in [1.82, 2.24) is 10.2 Å². The smallest absolute Gasteiger partial charge is 0.408 e. The average Bonchev–Trinajstić information content (AvgIpc) is 2.62. The fourth-order valence-electron chi connectivity index (χ4n) is 2.66. The maximum Gasteiger partial charge on any atom is 0.408 e. The Balaban J connectivity index is 1.80. The number of carbonyl (C=O) groups excluding carboxylic acids is 3. The van der Waals surface area contributed by atoms with Crippen LogP contribution in [-0.4, -0.2) is 46.5 Å². The van der Waals surface area contributed by atoms with E-state index in [-0.39, 0.29) is 38.3 Å². The van der Waals surface area contributed by atoms with Crippen LogP contribution in [0.1, 0.15) is 37.7 Å². The van der Waals surface area contributed by atoms with Crippen LogP contribution in [0.5, 0.6) is 0 Å². The van der Waals surface area contributed by atoms with E-state index in [9.17, 15) is 19.2 Å². The number of nitrogens with one attached hydrogen (secondary N) is 1. The van der Waals surface area contributed by atoms with Crippen molar-refractivity contribution in [3.63, 3.8) is 0 Å². The van der Waals surface area contributed by atoms with Crippen molar-refractivity contribution >= 4 is 23.9 Å². The van der Waals surface area contributed by atoms with Crippen LogP contribution in [0, 0.1) is 0 Å². The van der Waals surface area contributed by atoms with E-state index in [1.165, 1.54) is 0 Å². The van der Waals surface area contributed by atoms with E-state index in [1.807, 2.05) is 30.3 Å². The number of aliphatic carboxylic acids is 1. The first-order valence-electron chi connectivity index (χ1n) is 8.50. The number of hydrogen-bond donors (Lipinski definition) is 2. The Kier molecular flexibility index (Phi) is 7.13. The zero-order chi connectivity index (χ0) is 18.9.